The topological polar surface area (TPSA) is 66.6 Å². The van der Waals surface area contributed by atoms with Crippen LogP contribution in [0.15, 0.2) is 54.6 Å². The number of nitrogens with two attached hydrogens (primary N) is 1. The molecule has 0 aliphatic carbocycles. The zero-order chi connectivity index (χ0) is 14.8. The molecule has 0 radical (unpaired) electrons. The van der Waals surface area contributed by atoms with Gasteiger partial charge >= 0.3 is 0 Å². The first-order valence-electron chi connectivity index (χ1n) is 6.34. The summed E-state index contributed by atoms with van der Waals surface area (Å²) in [5.41, 5.74) is 6.55. The number of carbonyl (C=O) groups is 1. The molecule has 0 saturated carbocycles. The summed E-state index contributed by atoms with van der Waals surface area (Å²) in [5, 5.41) is 9.29. The highest BCUT2D eigenvalue weighted by Gasteiger charge is 2.33. The molecule has 104 valence electrons. The molecular weight excluding hydrogens is 252 g/mol. The maximum atomic E-state index is 12.6. The van der Waals surface area contributed by atoms with Crippen molar-refractivity contribution < 1.29 is 9.90 Å². The van der Waals surface area contributed by atoms with Gasteiger partial charge in [0, 0.05) is 12.7 Å². The largest absolute Gasteiger partial charge is 0.508 e. The summed E-state index contributed by atoms with van der Waals surface area (Å²) < 4.78 is 0. The van der Waals surface area contributed by atoms with Gasteiger partial charge in [-0.15, -0.1) is 0 Å². The average Bonchev–Trinajstić information content (AvgIpc) is 2.47. The third kappa shape index (κ3) is 2.65. The number of anilines is 1. The molecule has 0 aromatic heterocycles. The number of aromatic hydroxyl groups is 1. The van der Waals surface area contributed by atoms with E-state index in [0.717, 1.165) is 5.56 Å². The van der Waals surface area contributed by atoms with Gasteiger partial charge in [0.25, 0.3) is 5.91 Å². The van der Waals surface area contributed by atoms with Crippen molar-refractivity contribution in [2.75, 3.05) is 11.9 Å². The Hall–Kier alpha value is -2.33. The fraction of sp³-hybridized carbons (Fsp3) is 0.188. The fourth-order valence-electron chi connectivity index (χ4n) is 2.05. The molecule has 20 heavy (non-hydrogen) atoms. The molecule has 1 unspecified atom stereocenters. The Morgan fingerprint density at radius 1 is 1.10 bits per heavy atom. The quantitative estimate of drug-likeness (QED) is 0.898. The molecule has 3 N–H and O–H groups in total. The van der Waals surface area contributed by atoms with Gasteiger partial charge in [0.1, 0.15) is 11.3 Å². The summed E-state index contributed by atoms with van der Waals surface area (Å²) in [7, 11) is 1.67. The molecule has 1 amide bonds. The molecule has 2 aromatic carbocycles. The fourth-order valence-corrected chi connectivity index (χ4v) is 2.05. The minimum absolute atomic E-state index is 0.160. The van der Waals surface area contributed by atoms with Gasteiger partial charge in [-0.05, 0) is 36.8 Å². The van der Waals surface area contributed by atoms with Gasteiger partial charge in [-0.1, -0.05) is 30.3 Å². The predicted molar refractivity (Wildman–Crippen MR) is 79.5 cm³/mol. The van der Waals surface area contributed by atoms with Gasteiger partial charge in [0.2, 0.25) is 0 Å². The van der Waals surface area contributed by atoms with Crippen LogP contribution in [0.3, 0.4) is 0 Å². The lowest BCUT2D eigenvalue weighted by molar-refractivity contribution is -0.123. The van der Waals surface area contributed by atoms with E-state index in [4.69, 9.17) is 5.73 Å². The van der Waals surface area contributed by atoms with Crippen LogP contribution < -0.4 is 10.6 Å². The van der Waals surface area contributed by atoms with Crippen LogP contribution in [0, 0.1) is 0 Å². The van der Waals surface area contributed by atoms with Gasteiger partial charge < -0.3 is 15.7 Å². The third-order valence-electron chi connectivity index (χ3n) is 3.36. The number of carbonyl (C=O) groups excluding carboxylic acids is 1. The Balaban J connectivity index is 2.28. The summed E-state index contributed by atoms with van der Waals surface area (Å²) in [6.45, 7) is 1.70. The molecule has 4 heteroatoms. The van der Waals surface area contributed by atoms with Crippen molar-refractivity contribution in [3.05, 3.63) is 60.2 Å². The molecule has 2 aromatic rings. The van der Waals surface area contributed by atoms with Crippen molar-refractivity contribution in [3.8, 4) is 5.75 Å². The van der Waals surface area contributed by atoms with E-state index in [0.29, 0.717) is 5.69 Å². The maximum Gasteiger partial charge on any atom is 0.251 e. The highest BCUT2D eigenvalue weighted by Crippen LogP contribution is 2.24. The lowest BCUT2D eigenvalue weighted by atomic mass is 9.91. The number of nitrogens with zero attached hydrogens (tertiary/aromatic N) is 1. The van der Waals surface area contributed by atoms with Gasteiger partial charge in [-0.3, -0.25) is 4.79 Å². The first-order chi connectivity index (χ1) is 9.43. The second-order valence-corrected chi connectivity index (χ2v) is 4.95. The summed E-state index contributed by atoms with van der Waals surface area (Å²) >= 11 is 0. The Labute approximate surface area is 118 Å². The van der Waals surface area contributed by atoms with Crippen molar-refractivity contribution in [3.63, 3.8) is 0 Å². The number of benzene rings is 2. The molecule has 0 fully saturated rings. The maximum absolute atomic E-state index is 12.6. The van der Waals surface area contributed by atoms with Crippen molar-refractivity contribution in [2.45, 2.75) is 12.5 Å². The highest BCUT2D eigenvalue weighted by atomic mass is 16.3. The molecule has 0 heterocycles. The molecule has 1 atom stereocenters. The van der Waals surface area contributed by atoms with Crippen molar-refractivity contribution in [1.82, 2.24) is 0 Å². The number of amides is 1. The summed E-state index contributed by atoms with van der Waals surface area (Å²) in [6.07, 6.45) is 0. The molecule has 0 saturated heterocycles. The second kappa shape index (κ2) is 5.35. The molecule has 2 rings (SSSR count). The van der Waals surface area contributed by atoms with Crippen LogP contribution in [0.25, 0.3) is 0 Å². The van der Waals surface area contributed by atoms with E-state index >= 15 is 0 Å². The molecular formula is C16H18N2O2. The number of phenolic OH excluding ortho intramolecular Hbond substituents is 1. The molecule has 0 aliphatic heterocycles. The number of likely N-dealkylation sites (N-methyl/N-ethyl adjacent to an activating group) is 1. The Bertz CT molecular complexity index is 592. The second-order valence-electron chi connectivity index (χ2n) is 4.95. The lowest BCUT2D eigenvalue weighted by Crippen LogP contribution is -2.49. The highest BCUT2D eigenvalue weighted by molar-refractivity contribution is 6.00. The molecule has 4 nitrogen and oxygen atoms in total. The Morgan fingerprint density at radius 3 is 2.20 bits per heavy atom. The Morgan fingerprint density at radius 2 is 1.65 bits per heavy atom. The summed E-state index contributed by atoms with van der Waals surface area (Å²) in [4.78, 5) is 14.1. The van der Waals surface area contributed by atoms with Gasteiger partial charge in [0.05, 0.1) is 0 Å². The molecule has 0 bridgehead atoms. The standard InChI is InChI=1S/C16H18N2O2/c1-16(17,12-6-4-3-5-7-12)15(20)18(2)13-8-10-14(19)11-9-13/h3-11,19H,17H2,1-2H3. The minimum Gasteiger partial charge on any atom is -0.508 e. The van der Waals surface area contributed by atoms with E-state index in [1.807, 2.05) is 30.3 Å². The first kappa shape index (κ1) is 14.1. The smallest absolute Gasteiger partial charge is 0.251 e. The van der Waals surface area contributed by atoms with E-state index in [2.05, 4.69) is 0 Å². The number of hydrogen-bond donors (Lipinski definition) is 2. The molecule has 0 spiro atoms. The van der Waals surface area contributed by atoms with Crippen LogP contribution in [0.4, 0.5) is 5.69 Å². The lowest BCUT2D eigenvalue weighted by Gasteiger charge is -2.29. The average molecular weight is 270 g/mol. The van der Waals surface area contributed by atoms with Crippen molar-refractivity contribution >= 4 is 11.6 Å². The molecule has 0 aliphatic rings. The zero-order valence-electron chi connectivity index (χ0n) is 11.6. The number of rotatable bonds is 3. The zero-order valence-corrected chi connectivity index (χ0v) is 11.6. The van der Waals surface area contributed by atoms with E-state index in [9.17, 15) is 9.90 Å². The van der Waals surface area contributed by atoms with Crippen LogP contribution in [0.2, 0.25) is 0 Å². The van der Waals surface area contributed by atoms with Gasteiger partial charge in [0.15, 0.2) is 0 Å². The summed E-state index contributed by atoms with van der Waals surface area (Å²) in [6, 6.07) is 15.7. The normalized spacial score (nSPS) is 13.6. The van der Waals surface area contributed by atoms with E-state index < -0.39 is 5.54 Å². The SMILES string of the molecule is CN(C(=O)C(C)(N)c1ccccc1)c1ccc(O)cc1. The van der Waals surface area contributed by atoms with Crippen molar-refractivity contribution in [2.24, 2.45) is 5.73 Å². The van der Waals surface area contributed by atoms with Crippen molar-refractivity contribution in [1.29, 1.82) is 0 Å². The van der Waals surface area contributed by atoms with E-state index in [1.54, 1.807) is 26.1 Å². The van der Waals surface area contributed by atoms with Crippen LogP contribution in [0.1, 0.15) is 12.5 Å². The first-order valence-corrected chi connectivity index (χ1v) is 6.34. The van der Waals surface area contributed by atoms with Gasteiger partial charge in [-0.2, -0.15) is 0 Å². The number of phenols is 1. The van der Waals surface area contributed by atoms with Gasteiger partial charge in [-0.25, -0.2) is 0 Å². The van der Waals surface area contributed by atoms with Crippen LogP contribution in [-0.4, -0.2) is 18.1 Å². The van der Waals surface area contributed by atoms with Crippen LogP contribution in [-0.2, 0) is 10.3 Å². The summed E-state index contributed by atoms with van der Waals surface area (Å²) in [5.74, 6) is -0.0532. The van der Waals surface area contributed by atoms with E-state index in [-0.39, 0.29) is 11.7 Å². The van der Waals surface area contributed by atoms with Crippen LogP contribution in [0.5, 0.6) is 5.75 Å². The van der Waals surface area contributed by atoms with Crippen LogP contribution >= 0.6 is 0 Å². The third-order valence-corrected chi connectivity index (χ3v) is 3.36. The number of hydrogen-bond acceptors (Lipinski definition) is 3. The monoisotopic (exact) mass is 270 g/mol. The van der Waals surface area contributed by atoms with E-state index in [1.165, 1.54) is 17.0 Å². The Kier molecular flexibility index (Phi) is 3.77. The minimum atomic E-state index is -1.10. The predicted octanol–water partition coefficient (Wildman–Crippen LogP) is 2.23.